The van der Waals surface area contributed by atoms with E-state index in [4.69, 9.17) is 5.11 Å². The van der Waals surface area contributed by atoms with Crippen molar-refractivity contribution in [3.63, 3.8) is 0 Å². The average Bonchev–Trinajstić information content (AvgIpc) is 2.15. The Balaban J connectivity index is 3.03. The van der Waals surface area contributed by atoms with Crippen LogP contribution in [-0.4, -0.2) is 22.7 Å². The zero-order valence-electron chi connectivity index (χ0n) is 6.77. The Morgan fingerprint density at radius 2 is 2.46 bits per heavy atom. The highest BCUT2D eigenvalue weighted by atomic mass is 19.1. The number of hydrogen-bond donors (Lipinski definition) is 1. The molecule has 0 aliphatic heterocycles. The fraction of sp³-hybridized carbons (Fsp3) is 0.111. The third-order valence-electron chi connectivity index (χ3n) is 1.48. The van der Waals surface area contributed by atoms with Crippen LogP contribution < -0.4 is 0 Å². The van der Waals surface area contributed by atoms with Crippen molar-refractivity contribution in [1.29, 1.82) is 0 Å². The van der Waals surface area contributed by atoms with E-state index in [9.17, 15) is 9.18 Å². The fourth-order valence-corrected chi connectivity index (χ4v) is 0.928. The lowest BCUT2D eigenvalue weighted by atomic mass is 10.1. The van der Waals surface area contributed by atoms with Crippen LogP contribution in [0, 0.1) is 0 Å². The van der Waals surface area contributed by atoms with Crippen LogP contribution in [0.1, 0.15) is 5.56 Å². The number of alkyl halides is 1. The number of allylic oxidation sites excluding steroid dienone is 1. The lowest BCUT2D eigenvalue weighted by molar-refractivity contribution is -0.130. The van der Waals surface area contributed by atoms with E-state index in [1.54, 1.807) is 12.1 Å². The van der Waals surface area contributed by atoms with E-state index < -0.39 is 12.6 Å². The number of carboxylic acids is 1. The first-order valence-corrected chi connectivity index (χ1v) is 3.65. The van der Waals surface area contributed by atoms with Crippen molar-refractivity contribution in [3.05, 3.63) is 36.2 Å². The molecular formula is C9H8FNO2. The Labute approximate surface area is 74.5 Å². The molecule has 0 atom stereocenters. The summed E-state index contributed by atoms with van der Waals surface area (Å²) in [4.78, 5) is 14.4. The second-order valence-electron chi connectivity index (χ2n) is 2.32. The summed E-state index contributed by atoms with van der Waals surface area (Å²) >= 11 is 0. The zero-order valence-corrected chi connectivity index (χ0v) is 6.77. The van der Waals surface area contributed by atoms with Gasteiger partial charge >= 0.3 is 5.97 Å². The zero-order chi connectivity index (χ0) is 9.68. The molecule has 1 rings (SSSR count). The molecule has 1 N–H and O–H groups in total. The van der Waals surface area contributed by atoms with Gasteiger partial charge in [-0.25, -0.2) is 9.18 Å². The molecule has 0 saturated carbocycles. The smallest absolute Gasteiger partial charge is 0.336 e. The molecule has 3 nitrogen and oxygen atoms in total. The maximum absolute atomic E-state index is 11.9. The summed E-state index contributed by atoms with van der Waals surface area (Å²) in [5, 5.41) is 8.70. The van der Waals surface area contributed by atoms with Crippen LogP contribution in [0.5, 0.6) is 0 Å². The van der Waals surface area contributed by atoms with E-state index in [0.29, 0.717) is 5.56 Å². The van der Waals surface area contributed by atoms with E-state index in [1.165, 1.54) is 12.4 Å². The van der Waals surface area contributed by atoms with Crippen molar-refractivity contribution < 1.29 is 14.3 Å². The highest BCUT2D eigenvalue weighted by Gasteiger charge is 2.08. The quantitative estimate of drug-likeness (QED) is 0.719. The predicted octanol–water partition coefficient (Wildman–Crippen LogP) is 1.52. The van der Waals surface area contributed by atoms with Crippen LogP contribution in [-0.2, 0) is 4.79 Å². The second-order valence-corrected chi connectivity index (χ2v) is 2.32. The minimum atomic E-state index is -1.15. The molecule has 0 aliphatic carbocycles. The number of nitrogens with zero attached hydrogens (tertiary/aromatic N) is 1. The van der Waals surface area contributed by atoms with E-state index >= 15 is 0 Å². The van der Waals surface area contributed by atoms with Gasteiger partial charge in [0.25, 0.3) is 0 Å². The Kier molecular flexibility index (Phi) is 3.14. The van der Waals surface area contributed by atoms with E-state index in [2.05, 4.69) is 4.98 Å². The predicted molar refractivity (Wildman–Crippen MR) is 45.8 cm³/mol. The van der Waals surface area contributed by atoms with Gasteiger partial charge in [0, 0.05) is 18.0 Å². The first-order valence-electron chi connectivity index (χ1n) is 3.65. The molecule has 0 aliphatic rings. The Morgan fingerprint density at radius 3 is 2.92 bits per heavy atom. The number of carbonyl (C=O) groups is 1. The Hall–Kier alpha value is -1.71. The Morgan fingerprint density at radius 1 is 1.69 bits per heavy atom. The molecule has 1 aromatic heterocycles. The maximum Gasteiger partial charge on any atom is 0.336 e. The summed E-state index contributed by atoms with van der Waals surface area (Å²) < 4.78 is 11.9. The van der Waals surface area contributed by atoms with E-state index in [-0.39, 0.29) is 5.57 Å². The summed E-state index contributed by atoms with van der Waals surface area (Å²) in [6, 6.07) is 3.17. The first kappa shape index (κ1) is 9.38. The summed E-state index contributed by atoms with van der Waals surface area (Å²) in [7, 11) is 0. The van der Waals surface area contributed by atoms with Crippen LogP contribution in [0.4, 0.5) is 4.39 Å². The first-order chi connectivity index (χ1) is 6.25. The van der Waals surface area contributed by atoms with Crippen LogP contribution in [0.3, 0.4) is 0 Å². The van der Waals surface area contributed by atoms with Crippen molar-refractivity contribution in [2.24, 2.45) is 0 Å². The van der Waals surface area contributed by atoms with Crippen LogP contribution in [0.2, 0.25) is 0 Å². The van der Waals surface area contributed by atoms with E-state index in [0.717, 1.165) is 6.08 Å². The summed E-state index contributed by atoms with van der Waals surface area (Å²) in [5.41, 5.74) is 0.350. The minimum absolute atomic E-state index is 0.0596. The maximum atomic E-state index is 11.9. The molecule has 68 valence electrons. The molecule has 0 aromatic carbocycles. The second kappa shape index (κ2) is 4.35. The summed E-state index contributed by atoms with van der Waals surface area (Å²) in [6.45, 7) is -0.795. The molecule has 0 spiro atoms. The molecule has 13 heavy (non-hydrogen) atoms. The summed E-state index contributed by atoms with van der Waals surface area (Å²) in [5.74, 6) is -1.15. The van der Waals surface area contributed by atoms with Crippen molar-refractivity contribution in [3.8, 4) is 0 Å². The summed E-state index contributed by atoms with van der Waals surface area (Å²) in [6.07, 6.45) is 3.92. The number of carboxylic acid groups (broad SMARTS) is 1. The molecule has 0 radical (unpaired) electrons. The molecule has 0 bridgehead atoms. The van der Waals surface area contributed by atoms with Gasteiger partial charge in [-0.2, -0.15) is 0 Å². The standard InChI is InChI=1S/C9H8FNO2/c10-4-3-8(9(12)13)7-2-1-5-11-6-7/h1-3,5-6H,4H2,(H,12,13). The fourth-order valence-electron chi connectivity index (χ4n) is 0.928. The molecule has 1 heterocycles. The number of hydrogen-bond acceptors (Lipinski definition) is 2. The van der Waals surface area contributed by atoms with Gasteiger partial charge < -0.3 is 5.11 Å². The van der Waals surface area contributed by atoms with Crippen LogP contribution in [0.15, 0.2) is 30.6 Å². The van der Waals surface area contributed by atoms with Gasteiger partial charge in [-0.1, -0.05) is 6.07 Å². The third kappa shape index (κ3) is 2.37. The average molecular weight is 181 g/mol. The largest absolute Gasteiger partial charge is 0.478 e. The van der Waals surface area contributed by atoms with Gasteiger partial charge in [-0.05, 0) is 12.1 Å². The molecule has 0 amide bonds. The topological polar surface area (TPSA) is 50.2 Å². The van der Waals surface area contributed by atoms with Gasteiger partial charge in [-0.3, -0.25) is 4.98 Å². The normalized spacial score (nSPS) is 11.3. The van der Waals surface area contributed by atoms with E-state index in [1.807, 2.05) is 0 Å². The van der Waals surface area contributed by atoms with Crippen molar-refractivity contribution in [1.82, 2.24) is 4.98 Å². The SMILES string of the molecule is O=C(O)C(=CCF)c1cccnc1. The third-order valence-corrected chi connectivity index (χ3v) is 1.48. The molecule has 0 saturated heterocycles. The molecule has 0 fully saturated rings. The Bertz CT molecular complexity index is 322. The molecule has 4 heteroatoms. The molecular weight excluding hydrogens is 173 g/mol. The van der Waals surface area contributed by atoms with Gasteiger partial charge in [0.1, 0.15) is 6.67 Å². The lowest BCUT2D eigenvalue weighted by Gasteiger charge is -1.99. The number of halogens is 1. The van der Waals surface area contributed by atoms with Crippen molar-refractivity contribution >= 4 is 11.5 Å². The van der Waals surface area contributed by atoms with Crippen LogP contribution >= 0.6 is 0 Å². The minimum Gasteiger partial charge on any atom is -0.478 e. The monoisotopic (exact) mass is 181 g/mol. The van der Waals surface area contributed by atoms with Crippen LogP contribution in [0.25, 0.3) is 5.57 Å². The van der Waals surface area contributed by atoms with Crippen molar-refractivity contribution in [2.45, 2.75) is 0 Å². The van der Waals surface area contributed by atoms with Gasteiger partial charge in [0.15, 0.2) is 0 Å². The number of aromatic nitrogens is 1. The van der Waals surface area contributed by atoms with Gasteiger partial charge in [0.2, 0.25) is 0 Å². The highest BCUT2D eigenvalue weighted by Crippen LogP contribution is 2.12. The number of rotatable bonds is 3. The number of aliphatic carboxylic acids is 1. The lowest BCUT2D eigenvalue weighted by Crippen LogP contribution is -2.00. The van der Waals surface area contributed by atoms with Gasteiger partial charge in [-0.15, -0.1) is 0 Å². The van der Waals surface area contributed by atoms with Crippen molar-refractivity contribution in [2.75, 3.05) is 6.67 Å². The highest BCUT2D eigenvalue weighted by molar-refractivity contribution is 6.15. The molecule has 1 aromatic rings. The number of pyridine rings is 1. The van der Waals surface area contributed by atoms with Gasteiger partial charge in [0.05, 0.1) is 5.57 Å². The molecule has 0 unspecified atom stereocenters.